The Kier molecular flexibility index (Phi) is 11.4. The smallest absolute Gasteiger partial charge is 0.264 e. The molecule has 40 heavy (non-hydrogen) atoms. The van der Waals surface area contributed by atoms with Crippen molar-refractivity contribution >= 4 is 39.1 Å². The number of nitrogens with one attached hydrogen (secondary N) is 1. The number of halogens is 1. The number of nitrogens with zero attached hydrogens (tertiary/aromatic N) is 2. The predicted octanol–water partition coefficient (Wildman–Crippen LogP) is 5.27. The summed E-state index contributed by atoms with van der Waals surface area (Å²) in [6.07, 6.45) is 1.72. The number of carbonyl (C=O) groups excluding carboxylic acids is 2. The number of unbranched alkanes of at least 4 members (excludes halogenated alkanes) is 1. The van der Waals surface area contributed by atoms with Gasteiger partial charge in [-0.1, -0.05) is 55.3 Å². The van der Waals surface area contributed by atoms with Gasteiger partial charge in [-0.15, -0.1) is 0 Å². The standard InChI is InChI=1S/C30H36ClN3O5S/c1-4-6-19-32-30(36)23(3)33(21-24-11-10-12-25(31)20-24)29(35)22-34(26-13-8-7-9-14-26)40(37,38)28-17-15-27(16-18-28)39-5-2/h7-18,20,23H,4-6,19,21-22H2,1-3H3,(H,32,36)/t23-/m0/s1. The molecular formula is C30H36ClN3O5S. The van der Waals surface area contributed by atoms with Gasteiger partial charge in [-0.3, -0.25) is 13.9 Å². The topological polar surface area (TPSA) is 96.0 Å². The molecule has 0 aliphatic carbocycles. The van der Waals surface area contributed by atoms with Crippen molar-refractivity contribution in [2.24, 2.45) is 0 Å². The second-order valence-electron chi connectivity index (χ2n) is 9.22. The molecule has 10 heteroatoms. The fourth-order valence-corrected chi connectivity index (χ4v) is 5.70. The minimum Gasteiger partial charge on any atom is -0.494 e. The molecule has 0 aromatic heterocycles. The largest absolute Gasteiger partial charge is 0.494 e. The molecule has 3 aromatic rings. The highest BCUT2D eigenvalue weighted by molar-refractivity contribution is 7.92. The van der Waals surface area contributed by atoms with Crippen molar-refractivity contribution in [3.63, 3.8) is 0 Å². The molecule has 0 bridgehead atoms. The van der Waals surface area contributed by atoms with Crippen LogP contribution >= 0.6 is 11.6 Å². The first-order valence-electron chi connectivity index (χ1n) is 13.3. The second-order valence-corrected chi connectivity index (χ2v) is 11.5. The van der Waals surface area contributed by atoms with Crippen LogP contribution in [0.25, 0.3) is 0 Å². The molecule has 1 N–H and O–H groups in total. The first-order chi connectivity index (χ1) is 19.2. The third-order valence-corrected chi connectivity index (χ3v) is 8.31. The summed E-state index contributed by atoms with van der Waals surface area (Å²) in [4.78, 5) is 28.3. The Hall–Kier alpha value is -3.56. The summed E-state index contributed by atoms with van der Waals surface area (Å²) in [5.74, 6) is -0.305. The minimum absolute atomic E-state index is 0.0133. The van der Waals surface area contributed by atoms with Gasteiger partial charge in [0, 0.05) is 18.1 Å². The third kappa shape index (κ3) is 8.22. The van der Waals surface area contributed by atoms with Crippen LogP contribution in [0.4, 0.5) is 5.69 Å². The molecule has 0 saturated heterocycles. The minimum atomic E-state index is -4.15. The van der Waals surface area contributed by atoms with Crippen LogP contribution in [0.1, 0.15) is 39.2 Å². The van der Waals surface area contributed by atoms with Crippen molar-refractivity contribution in [1.29, 1.82) is 0 Å². The molecule has 0 heterocycles. The number of sulfonamides is 1. The van der Waals surface area contributed by atoms with Gasteiger partial charge < -0.3 is 15.0 Å². The Bertz CT molecular complexity index is 1370. The van der Waals surface area contributed by atoms with Crippen LogP contribution in [0, 0.1) is 0 Å². The maximum atomic E-state index is 13.9. The van der Waals surface area contributed by atoms with E-state index >= 15 is 0 Å². The summed E-state index contributed by atoms with van der Waals surface area (Å²) >= 11 is 6.18. The van der Waals surface area contributed by atoms with Crippen LogP contribution in [-0.4, -0.2) is 50.9 Å². The van der Waals surface area contributed by atoms with Gasteiger partial charge in [0.25, 0.3) is 10.0 Å². The zero-order valence-corrected chi connectivity index (χ0v) is 24.6. The van der Waals surface area contributed by atoms with Crippen molar-refractivity contribution in [1.82, 2.24) is 10.2 Å². The van der Waals surface area contributed by atoms with Crippen LogP contribution in [0.2, 0.25) is 5.02 Å². The predicted molar refractivity (Wildman–Crippen MR) is 158 cm³/mol. The highest BCUT2D eigenvalue weighted by Gasteiger charge is 2.32. The van der Waals surface area contributed by atoms with Crippen LogP contribution < -0.4 is 14.4 Å². The van der Waals surface area contributed by atoms with E-state index in [9.17, 15) is 18.0 Å². The lowest BCUT2D eigenvalue weighted by molar-refractivity contribution is -0.139. The van der Waals surface area contributed by atoms with E-state index in [-0.39, 0.29) is 17.3 Å². The van der Waals surface area contributed by atoms with Gasteiger partial charge >= 0.3 is 0 Å². The summed E-state index contributed by atoms with van der Waals surface area (Å²) in [6, 6.07) is 20.6. The molecule has 0 saturated carbocycles. The molecule has 0 aliphatic rings. The van der Waals surface area contributed by atoms with E-state index in [1.807, 2.05) is 13.8 Å². The zero-order valence-electron chi connectivity index (χ0n) is 23.0. The summed E-state index contributed by atoms with van der Waals surface area (Å²) < 4.78 is 34.2. The van der Waals surface area contributed by atoms with Crippen molar-refractivity contribution in [2.75, 3.05) is 24.0 Å². The summed E-state index contributed by atoms with van der Waals surface area (Å²) in [6.45, 7) is 6.00. The number of ether oxygens (including phenoxy) is 1. The molecule has 3 rings (SSSR count). The number of benzene rings is 3. The Morgan fingerprint density at radius 1 is 0.975 bits per heavy atom. The number of rotatable bonds is 14. The number of hydrogen-bond donors (Lipinski definition) is 1. The van der Waals surface area contributed by atoms with E-state index in [4.69, 9.17) is 16.3 Å². The Labute approximate surface area is 241 Å². The molecule has 1 atom stereocenters. The first kappa shape index (κ1) is 31.0. The van der Waals surface area contributed by atoms with Crippen molar-refractivity contribution in [2.45, 2.75) is 51.1 Å². The van der Waals surface area contributed by atoms with Crippen LogP contribution in [-0.2, 0) is 26.2 Å². The average molecular weight is 586 g/mol. The van der Waals surface area contributed by atoms with Gasteiger partial charge in [-0.05, 0) is 74.4 Å². The van der Waals surface area contributed by atoms with E-state index in [2.05, 4.69) is 5.32 Å². The first-order valence-corrected chi connectivity index (χ1v) is 15.1. The van der Waals surface area contributed by atoms with Gasteiger partial charge in [-0.25, -0.2) is 8.42 Å². The third-order valence-electron chi connectivity index (χ3n) is 6.28. The van der Waals surface area contributed by atoms with Crippen LogP contribution in [0.15, 0.2) is 83.8 Å². The SMILES string of the molecule is CCCCNC(=O)[C@H](C)N(Cc1cccc(Cl)c1)C(=O)CN(c1ccccc1)S(=O)(=O)c1ccc(OCC)cc1. The zero-order chi connectivity index (χ0) is 29.1. The fraction of sp³-hybridized carbons (Fsp3) is 0.333. The molecule has 0 radical (unpaired) electrons. The van der Waals surface area contributed by atoms with Gasteiger partial charge in [0.05, 0.1) is 17.2 Å². The molecule has 0 spiro atoms. The van der Waals surface area contributed by atoms with Gasteiger partial charge in [-0.2, -0.15) is 0 Å². The number of carbonyl (C=O) groups is 2. The maximum absolute atomic E-state index is 13.9. The fourth-order valence-electron chi connectivity index (χ4n) is 4.08. The molecule has 214 valence electrons. The van der Waals surface area contributed by atoms with E-state index < -0.39 is 28.5 Å². The number of hydrogen-bond acceptors (Lipinski definition) is 5. The molecule has 0 unspecified atom stereocenters. The van der Waals surface area contributed by atoms with E-state index in [1.54, 1.807) is 73.7 Å². The average Bonchev–Trinajstić information content (AvgIpc) is 2.95. The number of amides is 2. The summed E-state index contributed by atoms with van der Waals surface area (Å²) in [5.41, 5.74) is 1.04. The van der Waals surface area contributed by atoms with E-state index in [1.165, 1.54) is 17.0 Å². The number of para-hydroxylation sites is 1. The normalized spacial score (nSPS) is 11.9. The monoisotopic (exact) mass is 585 g/mol. The second kappa shape index (κ2) is 14.7. The quantitative estimate of drug-likeness (QED) is 0.260. The van der Waals surface area contributed by atoms with Crippen molar-refractivity contribution in [3.05, 3.63) is 89.4 Å². The van der Waals surface area contributed by atoms with E-state index in [0.717, 1.165) is 22.7 Å². The Morgan fingerprint density at radius 2 is 1.68 bits per heavy atom. The lowest BCUT2D eigenvalue weighted by atomic mass is 10.1. The van der Waals surface area contributed by atoms with Gasteiger partial charge in [0.15, 0.2) is 0 Å². The lowest BCUT2D eigenvalue weighted by Crippen LogP contribution is -2.51. The summed E-state index contributed by atoms with van der Waals surface area (Å²) in [7, 11) is -4.15. The van der Waals surface area contributed by atoms with Gasteiger partial charge in [0.2, 0.25) is 11.8 Å². The van der Waals surface area contributed by atoms with Crippen molar-refractivity contribution < 1.29 is 22.7 Å². The number of anilines is 1. The molecule has 2 amide bonds. The van der Waals surface area contributed by atoms with Crippen LogP contribution in [0.5, 0.6) is 5.75 Å². The van der Waals surface area contributed by atoms with Crippen molar-refractivity contribution in [3.8, 4) is 5.75 Å². The Morgan fingerprint density at radius 3 is 2.30 bits per heavy atom. The maximum Gasteiger partial charge on any atom is 0.264 e. The Balaban J connectivity index is 1.97. The van der Waals surface area contributed by atoms with Gasteiger partial charge in [0.1, 0.15) is 18.3 Å². The highest BCUT2D eigenvalue weighted by atomic mass is 35.5. The molecular weight excluding hydrogens is 550 g/mol. The van der Waals surface area contributed by atoms with Crippen LogP contribution in [0.3, 0.4) is 0 Å². The highest BCUT2D eigenvalue weighted by Crippen LogP contribution is 2.26. The molecule has 8 nitrogen and oxygen atoms in total. The molecule has 3 aromatic carbocycles. The molecule has 0 fully saturated rings. The molecule has 0 aliphatic heterocycles. The van der Waals surface area contributed by atoms with E-state index in [0.29, 0.717) is 29.6 Å². The lowest BCUT2D eigenvalue weighted by Gasteiger charge is -2.32. The summed E-state index contributed by atoms with van der Waals surface area (Å²) in [5, 5.41) is 3.36.